The third kappa shape index (κ3) is 3.48. The molecule has 110 valence electrons. The Morgan fingerprint density at radius 2 is 1.79 bits per heavy atom. The van der Waals surface area contributed by atoms with Crippen LogP contribution in [0, 0.1) is 11.3 Å². The van der Waals surface area contributed by atoms with Crippen LogP contribution in [-0.2, 0) is 9.59 Å². The third-order valence-corrected chi connectivity index (χ3v) is 4.80. The fraction of sp³-hybridized carbons (Fsp3) is 0.867. The molecule has 0 aromatic rings. The number of rotatable bonds is 5. The predicted molar refractivity (Wildman–Crippen MR) is 74.8 cm³/mol. The molecule has 1 fully saturated rings. The summed E-state index contributed by atoms with van der Waals surface area (Å²) in [5, 5.41) is 12.3. The highest BCUT2D eigenvalue weighted by Gasteiger charge is 2.44. The monoisotopic (exact) mass is 269 g/mol. The van der Waals surface area contributed by atoms with E-state index in [9.17, 15) is 14.7 Å². The molecule has 0 saturated heterocycles. The van der Waals surface area contributed by atoms with Gasteiger partial charge in [0.25, 0.3) is 0 Å². The molecule has 0 bridgehead atoms. The van der Waals surface area contributed by atoms with Gasteiger partial charge in [-0.25, -0.2) is 4.79 Å². The zero-order valence-electron chi connectivity index (χ0n) is 12.6. The van der Waals surface area contributed by atoms with Gasteiger partial charge in [-0.05, 0) is 38.0 Å². The molecular formula is C15H27NO3. The molecule has 1 saturated carbocycles. The molecule has 4 heteroatoms. The molecule has 2 N–H and O–H groups in total. The van der Waals surface area contributed by atoms with E-state index >= 15 is 0 Å². The minimum Gasteiger partial charge on any atom is -0.480 e. The maximum atomic E-state index is 12.3. The standard InChI is InChI=1S/C15H27NO3/c1-5-11-7-9-15(10-8-11,13(18)19)16-12(17)14(3,4)6-2/h11H,5-10H2,1-4H3,(H,16,17)(H,18,19). The lowest BCUT2D eigenvalue weighted by Gasteiger charge is -2.39. The first kappa shape index (κ1) is 16.0. The Labute approximate surface area is 116 Å². The SMILES string of the molecule is CCC1CCC(NC(=O)C(C)(C)CC)(C(=O)O)CC1. The lowest BCUT2D eigenvalue weighted by molar-refractivity contribution is -0.151. The van der Waals surface area contributed by atoms with Crippen LogP contribution in [0.2, 0.25) is 0 Å². The van der Waals surface area contributed by atoms with Crippen molar-refractivity contribution in [3.05, 3.63) is 0 Å². The molecule has 1 aliphatic carbocycles. The first-order valence-corrected chi connectivity index (χ1v) is 7.33. The average Bonchev–Trinajstić information content (AvgIpc) is 2.39. The van der Waals surface area contributed by atoms with Gasteiger partial charge in [0, 0.05) is 5.41 Å². The molecule has 1 rings (SSSR count). The van der Waals surface area contributed by atoms with E-state index in [4.69, 9.17) is 0 Å². The van der Waals surface area contributed by atoms with Crippen molar-refractivity contribution in [2.24, 2.45) is 11.3 Å². The lowest BCUT2D eigenvalue weighted by atomic mass is 9.74. The van der Waals surface area contributed by atoms with Crippen molar-refractivity contribution in [2.75, 3.05) is 0 Å². The zero-order valence-corrected chi connectivity index (χ0v) is 12.6. The third-order valence-electron chi connectivity index (χ3n) is 4.80. The fourth-order valence-electron chi connectivity index (χ4n) is 2.52. The van der Waals surface area contributed by atoms with Gasteiger partial charge in [0.15, 0.2) is 0 Å². The molecule has 0 aromatic heterocycles. The van der Waals surface area contributed by atoms with Crippen molar-refractivity contribution in [1.82, 2.24) is 5.32 Å². The number of carbonyl (C=O) groups excluding carboxylic acids is 1. The van der Waals surface area contributed by atoms with Crippen LogP contribution in [0.4, 0.5) is 0 Å². The summed E-state index contributed by atoms with van der Waals surface area (Å²) in [6.07, 6.45) is 4.65. The van der Waals surface area contributed by atoms with Gasteiger partial charge < -0.3 is 10.4 Å². The molecule has 4 nitrogen and oxygen atoms in total. The maximum absolute atomic E-state index is 12.3. The van der Waals surface area contributed by atoms with E-state index in [2.05, 4.69) is 12.2 Å². The first-order chi connectivity index (χ1) is 8.77. The Balaban J connectivity index is 2.80. The Bertz CT molecular complexity index is 341. The van der Waals surface area contributed by atoms with Gasteiger partial charge in [0.1, 0.15) is 5.54 Å². The molecular weight excluding hydrogens is 242 g/mol. The molecule has 1 amide bonds. The molecule has 0 unspecified atom stereocenters. The van der Waals surface area contributed by atoms with E-state index in [-0.39, 0.29) is 5.91 Å². The minimum absolute atomic E-state index is 0.146. The van der Waals surface area contributed by atoms with E-state index in [1.54, 1.807) is 0 Å². The van der Waals surface area contributed by atoms with E-state index in [0.717, 1.165) is 19.3 Å². The Hall–Kier alpha value is -1.06. The number of carbonyl (C=O) groups is 2. The number of aliphatic carboxylic acids is 1. The van der Waals surface area contributed by atoms with Crippen LogP contribution >= 0.6 is 0 Å². The first-order valence-electron chi connectivity index (χ1n) is 7.33. The summed E-state index contributed by atoms with van der Waals surface area (Å²) in [5.41, 5.74) is -1.56. The van der Waals surface area contributed by atoms with E-state index in [0.29, 0.717) is 25.2 Å². The van der Waals surface area contributed by atoms with E-state index < -0.39 is 16.9 Å². The molecule has 19 heavy (non-hydrogen) atoms. The lowest BCUT2D eigenvalue weighted by Crippen LogP contribution is -2.58. The van der Waals surface area contributed by atoms with Crippen molar-refractivity contribution < 1.29 is 14.7 Å². The summed E-state index contributed by atoms with van der Waals surface area (Å²) in [6.45, 7) is 7.79. The van der Waals surface area contributed by atoms with Gasteiger partial charge in [-0.2, -0.15) is 0 Å². The van der Waals surface area contributed by atoms with Gasteiger partial charge in [-0.15, -0.1) is 0 Å². The van der Waals surface area contributed by atoms with Crippen molar-refractivity contribution in [2.45, 2.75) is 71.8 Å². The molecule has 0 spiro atoms. The van der Waals surface area contributed by atoms with Gasteiger partial charge >= 0.3 is 5.97 Å². The smallest absolute Gasteiger partial charge is 0.329 e. The highest BCUT2D eigenvalue weighted by atomic mass is 16.4. The average molecular weight is 269 g/mol. The quantitative estimate of drug-likeness (QED) is 0.806. The normalized spacial score (nSPS) is 27.9. The van der Waals surface area contributed by atoms with Crippen LogP contribution in [0.15, 0.2) is 0 Å². The summed E-state index contributed by atoms with van der Waals surface area (Å²) in [6, 6.07) is 0. The maximum Gasteiger partial charge on any atom is 0.329 e. The van der Waals surface area contributed by atoms with Crippen molar-refractivity contribution in [3.63, 3.8) is 0 Å². The van der Waals surface area contributed by atoms with Crippen molar-refractivity contribution in [1.29, 1.82) is 0 Å². The van der Waals surface area contributed by atoms with Crippen LogP contribution in [0.25, 0.3) is 0 Å². The summed E-state index contributed by atoms with van der Waals surface area (Å²) in [5.74, 6) is -0.432. The van der Waals surface area contributed by atoms with Crippen LogP contribution in [0.5, 0.6) is 0 Å². The molecule has 0 aromatic carbocycles. The predicted octanol–water partition coefficient (Wildman–Crippen LogP) is 2.96. The van der Waals surface area contributed by atoms with Crippen molar-refractivity contribution in [3.8, 4) is 0 Å². The summed E-state index contributed by atoms with van der Waals surface area (Å²) in [7, 11) is 0. The van der Waals surface area contributed by atoms with Crippen LogP contribution < -0.4 is 5.32 Å². The summed E-state index contributed by atoms with van der Waals surface area (Å²) >= 11 is 0. The van der Waals surface area contributed by atoms with Gasteiger partial charge in [0.05, 0.1) is 0 Å². The number of hydrogen-bond acceptors (Lipinski definition) is 2. The van der Waals surface area contributed by atoms with Crippen molar-refractivity contribution >= 4 is 11.9 Å². The zero-order chi connectivity index (χ0) is 14.7. The Morgan fingerprint density at radius 1 is 1.26 bits per heavy atom. The fourth-order valence-corrected chi connectivity index (χ4v) is 2.52. The van der Waals surface area contributed by atoms with Gasteiger partial charge in [0.2, 0.25) is 5.91 Å². The molecule has 1 aliphatic rings. The number of hydrogen-bond donors (Lipinski definition) is 2. The number of amides is 1. The number of carboxylic acid groups (broad SMARTS) is 1. The number of nitrogens with one attached hydrogen (secondary N) is 1. The molecule has 0 aliphatic heterocycles. The van der Waals surface area contributed by atoms with Crippen LogP contribution in [0.3, 0.4) is 0 Å². The second kappa shape index (κ2) is 5.93. The van der Waals surface area contributed by atoms with Gasteiger partial charge in [-0.3, -0.25) is 4.79 Å². The summed E-state index contributed by atoms with van der Waals surface area (Å²) < 4.78 is 0. The van der Waals surface area contributed by atoms with E-state index in [1.165, 1.54) is 0 Å². The van der Waals surface area contributed by atoms with Gasteiger partial charge in [-0.1, -0.05) is 34.1 Å². The van der Waals surface area contributed by atoms with Crippen LogP contribution in [-0.4, -0.2) is 22.5 Å². The van der Waals surface area contributed by atoms with Crippen LogP contribution in [0.1, 0.15) is 66.2 Å². The number of carboxylic acids is 1. The molecule has 0 atom stereocenters. The Morgan fingerprint density at radius 3 is 2.16 bits per heavy atom. The largest absolute Gasteiger partial charge is 0.480 e. The van der Waals surface area contributed by atoms with E-state index in [1.807, 2.05) is 20.8 Å². The second-order valence-corrected chi connectivity index (χ2v) is 6.43. The molecule has 0 radical (unpaired) electrons. The Kier molecular flexibility index (Phi) is 4.99. The topological polar surface area (TPSA) is 66.4 Å². The highest BCUT2D eigenvalue weighted by Crippen LogP contribution is 2.35. The second-order valence-electron chi connectivity index (χ2n) is 6.43. The highest BCUT2D eigenvalue weighted by molar-refractivity contribution is 5.89. The minimum atomic E-state index is -1.05. The molecule has 0 heterocycles. The summed E-state index contributed by atoms with van der Waals surface area (Å²) in [4.78, 5) is 23.9.